The lowest BCUT2D eigenvalue weighted by molar-refractivity contribution is 0.471. The second-order valence-electron chi connectivity index (χ2n) is 4.34. The lowest BCUT2D eigenvalue weighted by Crippen LogP contribution is -1.93. The van der Waals surface area contributed by atoms with E-state index in [4.69, 9.17) is 0 Å². The van der Waals surface area contributed by atoms with Gasteiger partial charge in [0.05, 0.1) is 0 Å². The van der Waals surface area contributed by atoms with Crippen LogP contribution >= 0.6 is 0 Å². The number of aryl methyl sites for hydroxylation is 2. The Balaban J connectivity index is 2.25. The summed E-state index contributed by atoms with van der Waals surface area (Å²) in [5, 5.41) is 9.56. The van der Waals surface area contributed by atoms with E-state index in [-0.39, 0.29) is 0 Å². The number of rotatable bonds is 1. The number of fused-ring (bicyclic) bond motifs is 1. The first-order chi connectivity index (χ1) is 8.66. The first kappa shape index (κ1) is 10.8. The molecule has 0 atom stereocenters. The first-order valence-corrected chi connectivity index (χ1v) is 5.74. The summed E-state index contributed by atoms with van der Waals surface area (Å²) >= 11 is 0. The van der Waals surface area contributed by atoms with Crippen molar-refractivity contribution < 1.29 is 5.11 Å². The zero-order valence-electron chi connectivity index (χ0n) is 10.3. The van der Waals surface area contributed by atoms with Gasteiger partial charge in [-0.2, -0.15) is 0 Å². The molecule has 4 nitrogen and oxygen atoms in total. The molecule has 0 aliphatic heterocycles. The van der Waals surface area contributed by atoms with Gasteiger partial charge in [0.1, 0.15) is 17.1 Å². The Labute approximate surface area is 105 Å². The predicted octanol–water partition coefficient (Wildman–Crippen LogP) is 2.65. The van der Waals surface area contributed by atoms with Crippen molar-refractivity contribution in [3.63, 3.8) is 0 Å². The molecule has 1 N–H and O–H groups in total. The standard InChI is InChI=1S/C14H13N3O/c1-9-8-10(5-6-12(9)18)13-16-11-4-3-7-15-14(11)17(13)2/h3-8,18H,1-2H3. The van der Waals surface area contributed by atoms with Crippen molar-refractivity contribution in [1.29, 1.82) is 0 Å². The number of nitrogens with zero attached hydrogens (tertiary/aromatic N) is 3. The van der Waals surface area contributed by atoms with Crippen molar-refractivity contribution in [2.75, 3.05) is 0 Å². The van der Waals surface area contributed by atoms with Crippen molar-refractivity contribution in [3.8, 4) is 17.1 Å². The SMILES string of the molecule is Cc1cc(-c2nc3cccnc3n2C)ccc1O. The number of aromatic hydroxyl groups is 1. The molecule has 0 spiro atoms. The van der Waals surface area contributed by atoms with Gasteiger partial charge in [-0.3, -0.25) is 0 Å². The molecule has 3 rings (SSSR count). The molecule has 90 valence electrons. The average molecular weight is 239 g/mol. The zero-order chi connectivity index (χ0) is 12.7. The molecule has 18 heavy (non-hydrogen) atoms. The van der Waals surface area contributed by atoms with E-state index in [1.807, 2.05) is 42.8 Å². The van der Waals surface area contributed by atoms with Gasteiger partial charge in [0, 0.05) is 18.8 Å². The number of phenols is 1. The average Bonchev–Trinajstić information content (AvgIpc) is 2.71. The fourth-order valence-corrected chi connectivity index (χ4v) is 2.08. The molecule has 2 heterocycles. The Morgan fingerprint density at radius 1 is 1.22 bits per heavy atom. The molecule has 0 amide bonds. The van der Waals surface area contributed by atoms with Gasteiger partial charge in [0.2, 0.25) is 0 Å². The van der Waals surface area contributed by atoms with Crippen LogP contribution in [0.1, 0.15) is 5.56 Å². The van der Waals surface area contributed by atoms with Gasteiger partial charge in [-0.1, -0.05) is 0 Å². The molecule has 0 aliphatic carbocycles. The third-order valence-electron chi connectivity index (χ3n) is 3.08. The van der Waals surface area contributed by atoms with E-state index in [9.17, 15) is 5.11 Å². The van der Waals surface area contributed by atoms with Crippen LogP contribution in [0.3, 0.4) is 0 Å². The summed E-state index contributed by atoms with van der Waals surface area (Å²) in [5.74, 6) is 1.16. The third kappa shape index (κ3) is 1.54. The molecular formula is C14H13N3O. The molecule has 0 aliphatic rings. The maximum atomic E-state index is 9.56. The Kier molecular flexibility index (Phi) is 2.30. The highest BCUT2D eigenvalue weighted by atomic mass is 16.3. The number of pyridine rings is 1. The molecule has 0 fully saturated rings. The lowest BCUT2D eigenvalue weighted by Gasteiger charge is -2.04. The number of aromatic nitrogens is 3. The monoisotopic (exact) mass is 239 g/mol. The Bertz CT molecular complexity index is 731. The van der Waals surface area contributed by atoms with Crippen LogP contribution < -0.4 is 0 Å². The van der Waals surface area contributed by atoms with Gasteiger partial charge < -0.3 is 9.67 Å². The summed E-state index contributed by atoms with van der Waals surface area (Å²) in [6.45, 7) is 1.87. The fourth-order valence-electron chi connectivity index (χ4n) is 2.08. The van der Waals surface area contributed by atoms with Crippen molar-refractivity contribution in [2.24, 2.45) is 7.05 Å². The Hall–Kier alpha value is -2.36. The lowest BCUT2D eigenvalue weighted by atomic mass is 10.1. The molecule has 2 aromatic heterocycles. The number of hydrogen-bond donors (Lipinski definition) is 1. The molecule has 3 aromatic rings. The summed E-state index contributed by atoms with van der Waals surface area (Å²) in [5.41, 5.74) is 3.55. The van der Waals surface area contributed by atoms with Gasteiger partial charge in [-0.15, -0.1) is 0 Å². The molecule has 0 radical (unpaired) electrons. The van der Waals surface area contributed by atoms with Crippen LogP contribution in [0.5, 0.6) is 5.75 Å². The second kappa shape index (κ2) is 3.84. The molecule has 0 saturated carbocycles. The van der Waals surface area contributed by atoms with Crippen molar-refractivity contribution in [1.82, 2.24) is 14.5 Å². The maximum Gasteiger partial charge on any atom is 0.159 e. The Morgan fingerprint density at radius 2 is 2.06 bits per heavy atom. The summed E-state index contributed by atoms with van der Waals surface area (Å²) in [6, 6.07) is 9.30. The minimum absolute atomic E-state index is 0.302. The number of phenolic OH excluding ortho intramolecular Hbond substituents is 1. The summed E-state index contributed by atoms with van der Waals surface area (Å²) in [7, 11) is 1.94. The van der Waals surface area contributed by atoms with E-state index in [0.29, 0.717) is 5.75 Å². The quantitative estimate of drug-likeness (QED) is 0.710. The summed E-state index contributed by atoms with van der Waals surface area (Å²) < 4.78 is 1.96. The van der Waals surface area contributed by atoms with E-state index in [0.717, 1.165) is 28.1 Å². The molecular weight excluding hydrogens is 226 g/mol. The fraction of sp³-hybridized carbons (Fsp3) is 0.143. The minimum atomic E-state index is 0.302. The van der Waals surface area contributed by atoms with Crippen LogP contribution in [0.4, 0.5) is 0 Å². The van der Waals surface area contributed by atoms with Gasteiger partial charge >= 0.3 is 0 Å². The third-order valence-corrected chi connectivity index (χ3v) is 3.08. The summed E-state index contributed by atoms with van der Waals surface area (Å²) in [6.07, 6.45) is 1.76. The largest absolute Gasteiger partial charge is 0.508 e. The number of hydrogen-bond acceptors (Lipinski definition) is 3. The van der Waals surface area contributed by atoms with Crippen molar-refractivity contribution >= 4 is 11.2 Å². The maximum absolute atomic E-state index is 9.56. The van der Waals surface area contributed by atoms with Gasteiger partial charge in [0.15, 0.2) is 5.65 Å². The molecule has 1 aromatic carbocycles. The van der Waals surface area contributed by atoms with Crippen LogP contribution in [-0.4, -0.2) is 19.6 Å². The second-order valence-corrected chi connectivity index (χ2v) is 4.34. The van der Waals surface area contributed by atoms with Crippen LogP contribution in [0, 0.1) is 6.92 Å². The van der Waals surface area contributed by atoms with E-state index in [2.05, 4.69) is 9.97 Å². The minimum Gasteiger partial charge on any atom is -0.508 e. The summed E-state index contributed by atoms with van der Waals surface area (Å²) in [4.78, 5) is 8.89. The topological polar surface area (TPSA) is 50.9 Å². The highest BCUT2D eigenvalue weighted by Crippen LogP contribution is 2.26. The molecule has 0 saturated heterocycles. The van der Waals surface area contributed by atoms with E-state index >= 15 is 0 Å². The van der Waals surface area contributed by atoms with Crippen molar-refractivity contribution in [3.05, 3.63) is 42.1 Å². The highest BCUT2D eigenvalue weighted by molar-refractivity contribution is 5.77. The zero-order valence-corrected chi connectivity index (χ0v) is 10.3. The van der Waals surface area contributed by atoms with Gasteiger partial charge in [-0.25, -0.2) is 9.97 Å². The van der Waals surface area contributed by atoms with Crippen LogP contribution in [-0.2, 0) is 7.05 Å². The number of imidazole rings is 1. The highest BCUT2D eigenvalue weighted by Gasteiger charge is 2.11. The van der Waals surface area contributed by atoms with Crippen molar-refractivity contribution in [2.45, 2.75) is 6.92 Å². The van der Waals surface area contributed by atoms with Crippen LogP contribution in [0.15, 0.2) is 36.5 Å². The van der Waals surface area contributed by atoms with Gasteiger partial charge in [0.25, 0.3) is 0 Å². The van der Waals surface area contributed by atoms with Crippen LogP contribution in [0.2, 0.25) is 0 Å². The molecule has 0 unspecified atom stereocenters. The predicted molar refractivity (Wildman–Crippen MR) is 70.3 cm³/mol. The molecule has 0 bridgehead atoms. The number of benzene rings is 1. The van der Waals surface area contributed by atoms with Gasteiger partial charge in [-0.05, 0) is 42.8 Å². The molecule has 4 heteroatoms. The van der Waals surface area contributed by atoms with E-state index in [1.165, 1.54) is 0 Å². The normalized spacial score (nSPS) is 11.0. The first-order valence-electron chi connectivity index (χ1n) is 5.74. The Morgan fingerprint density at radius 3 is 2.78 bits per heavy atom. The van der Waals surface area contributed by atoms with Crippen LogP contribution in [0.25, 0.3) is 22.6 Å². The smallest absolute Gasteiger partial charge is 0.159 e. The van der Waals surface area contributed by atoms with E-state index in [1.54, 1.807) is 12.3 Å². The van der Waals surface area contributed by atoms with E-state index < -0.39 is 0 Å².